The summed E-state index contributed by atoms with van der Waals surface area (Å²) in [5, 5.41) is 1.17. The number of hydrogen-bond donors (Lipinski definition) is 0. The number of benzene rings is 2. The molecule has 0 N–H and O–H groups in total. The zero-order valence-corrected chi connectivity index (χ0v) is 18.2. The molecular weight excluding hydrogens is 462 g/mol. The molecule has 1 unspecified atom stereocenters. The minimum absolute atomic E-state index is 0.0921. The van der Waals surface area contributed by atoms with Crippen molar-refractivity contribution in [2.75, 3.05) is 0 Å². The summed E-state index contributed by atoms with van der Waals surface area (Å²) < 4.78 is 7.26. The normalized spacial score (nSPS) is 12.0. The van der Waals surface area contributed by atoms with Gasteiger partial charge in [-0.15, -0.1) is 0 Å². The van der Waals surface area contributed by atoms with Crippen LogP contribution in [0.25, 0.3) is 0 Å². The van der Waals surface area contributed by atoms with Gasteiger partial charge >= 0.3 is 5.30 Å². The van der Waals surface area contributed by atoms with Crippen LogP contribution < -0.4 is 0 Å². The van der Waals surface area contributed by atoms with Crippen LogP contribution in [0.4, 0.5) is 4.79 Å². The third-order valence-electron chi connectivity index (χ3n) is 3.82. The summed E-state index contributed by atoms with van der Waals surface area (Å²) in [6, 6.07) is 10.3. The van der Waals surface area contributed by atoms with Crippen LogP contribution in [0.3, 0.4) is 0 Å². The number of rotatable bonds is 6. The molecule has 0 spiro atoms. The summed E-state index contributed by atoms with van der Waals surface area (Å²) in [5.74, 6) is 0. The van der Waals surface area contributed by atoms with Crippen molar-refractivity contribution in [3.05, 3.63) is 86.3 Å². The molecule has 2 aromatic carbocycles. The number of carbonyl (C=O) groups excluding carboxylic acids is 1. The van der Waals surface area contributed by atoms with E-state index < -0.39 is 5.30 Å². The first-order chi connectivity index (χ1) is 13.4. The van der Waals surface area contributed by atoms with Crippen LogP contribution in [-0.4, -0.2) is 14.9 Å². The van der Waals surface area contributed by atoms with Gasteiger partial charge in [0.1, 0.15) is 6.61 Å². The third kappa shape index (κ3) is 5.82. The summed E-state index contributed by atoms with van der Waals surface area (Å²) in [7, 11) is 0. The van der Waals surface area contributed by atoms with Crippen molar-refractivity contribution in [2.24, 2.45) is 0 Å². The zero-order valence-electron chi connectivity index (χ0n) is 14.3. The lowest BCUT2D eigenvalue weighted by Crippen LogP contribution is -2.09. The highest BCUT2D eigenvalue weighted by Crippen LogP contribution is 2.37. The average Bonchev–Trinajstić information content (AvgIpc) is 3.15. The molecule has 146 valence electrons. The molecule has 3 aromatic rings. The molecule has 0 aliphatic heterocycles. The molecule has 0 saturated carbocycles. The number of imidazole rings is 1. The highest BCUT2D eigenvalue weighted by Gasteiger charge is 2.21. The van der Waals surface area contributed by atoms with Crippen LogP contribution in [-0.2, 0) is 17.9 Å². The smallest absolute Gasteiger partial charge is 0.368 e. The highest BCUT2D eigenvalue weighted by atomic mass is 35.5. The number of carbonyl (C=O) groups is 1. The molecule has 3 rings (SSSR count). The molecule has 0 amide bonds. The Morgan fingerprint density at radius 2 is 1.89 bits per heavy atom. The van der Waals surface area contributed by atoms with Crippen molar-refractivity contribution in [1.82, 2.24) is 9.55 Å². The highest BCUT2D eigenvalue weighted by molar-refractivity contribution is 8.13. The Morgan fingerprint density at radius 3 is 2.57 bits per heavy atom. The van der Waals surface area contributed by atoms with Crippen LogP contribution in [0.15, 0.2) is 55.1 Å². The van der Waals surface area contributed by atoms with Crippen molar-refractivity contribution in [1.29, 1.82) is 0 Å². The molecule has 0 fully saturated rings. The van der Waals surface area contributed by atoms with E-state index in [1.165, 1.54) is 0 Å². The first-order valence-electron chi connectivity index (χ1n) is 8.10. The molecular formula is C19H14Cl4N2O2S. The Labute approximate surface area is 186 Å². The van der Waals surface area contributed by atoms with Crippen molar-refractivity contribution >= 4 is 63.5 Å². The van der Waals surface area contributed by atoms with Crippen LogP contribution in [0, 0.1) is 0 Å². The largest absolute Gasteiger partial charge is 0.453 e. The van der Waals surface area contributed by atoms with E-state index in [9.17, 15) is 4.79 Å². The predicted octanol–water partition coefficient (Wildman–Crippen LogP) is 7.31. The zero-order chi connectivity index (χ0) is 20.1. The maximum absolute atomic E-state index is 12.4. The Kier molecular flexibility index (Phi) is 7.55. The second kappa shape index (κ2) is 9.90. The number of thioether (sulfide) groups is 1. The summed E-state index contributed by atoms with van der Waals surface area (Å²) in [6.45, 7) is 0.586. The molecule has 0 saturated heterocycles. The Balaban J connectivity index is 1.71. The van der Waals surface area contributed by atoms with Gasteiger partial charge in [-0.05, 0) is 47.2 Å². The standard InChI is InChI=1S/C19H14Cl4N2O2S/c20-13-2-3-14(16(22)8-13)18(9-25-6-5-24-11-25)28-19(26)27-10-12-1-4-15(21)17(23)7-12/h1-8,11,18H,9-10H2. The lowest BCUT2D eigenvalue weighted by molar-refractivity contribution is 0.168. The first kappa shape index (κ1) is 21.3. The second-order valence-electron chi connectivity index (χ2n) is 5.82. The van der Waals surface area contributed by atoms with Crippen LogP contribution >= 0.6 is 58.2 Å². The van der Waals surface area contributed by atoms with Gasteiger partial charge in [-0.1, -0.05) is 58.5 Å². The van der Waals surface area contributed by atoms with Gasteiger partial charge in [0.05, 0.1) is 21.6 Å². The fourth-order valence-electron chi connectivity index (χ4n) is 2.47. The maximum Gasteiger partial charge on any atom is 0.368 e. The Bertz CT molecular complexity index is 967. The molecule has 0 bridgehead atoms. The van der Waals surface area contributed by atoms with E-state index in [0.717, 1.165) is 22.9 Å². The first-order valence-corrected chi connectivity index (χ1v) is 10.5. The maximum atomic E-state index is 12.4. The van der Waals surface area contributed by atoms with E-state index in [4.69, 9.17) is 51.1 Å². The van der Waals surface area contributed by atoms with Crippen molar-refractivity contribution in [3.8, 4) is 0 Å². The number of hydrogen-bond acceptors (Lipinski definition) is 4. The van der Waals surface area contributed by atoms with Crippen LogP contribution in [0.2, 0.25) is 20.1 Å². The molecule has 4 nitrogen and oxygen atoms in total. The lowest BCUT2D eigenvalue weighted by Gasteiger charge is -2.18. The topological polar surface area (TPSA) is 44.1 Å². The summed E-state index contributed by atoms with van der Waals surface area (Å²) >= 11 is 25.3. The van der Waals surface area contributed by atoms with Gasteiger partial charge in [-0.25, -0.2) is 9.78 Å². The Morgan fingerprint density at radius 1 is 1.07 bits per heavy atom. The fourth-order valence-corrected chi connectivity index (χ4v) is 4.33. The van der Waals surface area contributed by atoms with Gasteiger partial charge in [0.25, 0.3) is 0 Å². The van der Waals surface area contributed by atoms with Gasteiger partial charge in [0.15, 0.2) is 0 Å². The lowest BCUT2D eigenvalue weighted by atomic mass is 10.1. The minimum Gasteiger partial charge on any atom is -0.453 e. The second-order valence-corrected chi connectivity index (χ2v) is 8.62. The average molecular weight is 476 g/mol. The van der Waals surface area contributed by atoms with Gasteiger partial charge in [0.2, 0.25) is 0 Å². The SMILES string of the molecule is O=C(OCc1ccc(Cl)c(Cl)c1)SC(Cn1ccnc1)c1ccc(Cl)cc1Cl. The molecule has 1 aromatic heterocycles. The van der Waals surface area contributed by atoms with E-state index in [-0.39, 0.29) is 11.9 Å². The van der Waals surface area contributed by atoms with E-state index in [1.54, 1.807) is 42.9 Å². The molecule has 1 atom stereocenters. The van der Waals surface area contributed by atoms with Crippen molar-refractivity contribution < 1.29 is 9.53 Å². The predicted molar refractivity (Wildman–Crippen MR) is 116 cm³/mol. The molecule has 0 aliphatic rings. The van der Waals surface area contributed by atoms with Gasteiger partial charge in [-0.3, -0.25) is 0 Å². The van der Waals surface area contributed by atoms with Crippen molar-refractivity contribution in [3.63, 3.8) is 0 Å². The van der Waals surface area contributed by atoms with Gasteiger partial charge < -0.3 is 9.30 Å². The van der Waals surface area contributed by atoms with Gasteiger partial charge in [-0.2, -0.15) is 0 Å². The van der Waals surface area contributed by atoms with E-state index in [0.29, 0.717) is 26.6 Å². The summed E-state index contributed by atoms with van der Waals surface area (Å²) in [5.41, 5.74) is 1.54. The molecule has 0 aliphatic carbocycles. The molecule has 1 heterocycles. The molecule has 0 radical (unpaired) electrons. The molecule has 28 heavy (non-hydrogen) atoms. The fraction of sp³-hybridized carbons (Fsp3) is 0.158. The Hall–Kier alpha value is -1.37. The summed E-state index contributed by atoms with van der Waals surface area (Å²) in [6.07, 6.45) is 5.17. The minimum atomic E-state index is -0.429. The molecule has 9 heteroatoms. The van der Waals surface area contributed by atoms with E-state index in [2.05, 4.69) is 4.98 Å². The summed E-state index contributed by atoms with van der Waals surface area (Å²) in [4.78, 5) is 16.5. The van der Waals surface area contributed by atoms with E-state index >= 15 is 0 Å². The van der Waals surface area contributed by atoms with Gasteiger partial charge in [0, 0.05) is 29.0 Å². The number of aromatic nitrogens is 2. The van der Waals surface area contributed by atoms with Crippen molar-refractivity contribution in [2.45, 2.75) is 18.4 Å². The quantitative estimate of drug-likeness (QED) is 0.350. The number of nitrogens with zero attached hydrogens (tertiary/aromatic N) is 2. The van der Waals surface area contributed by atoms with Crippen LogP contribution in [0.1, 0.15) is 16.4 Å². The monoisotopic (exact) mass is 474 g/mol. The number of ether oxygens (including phenoxy) is 1. The van der Waals surface area contributed by atoms with Crippen LogP contribution in [0.5, 0.6) is 0 Å². The van der Waals surface area contributed by atoms with E-state index in [1.807, 2.05) is 16.8 Å². The number of halogens is 4. The third-order valence-corrected chi connectivity index (χ3v) is 6.12.